The number of hydrogen-bond donors (Lipinski definition) is 1. The van der Waals surface area contributed by atoms with E-state index < -0.39 is 0 Å². The van der Waals surface area contributed by atoms with Gasteiger partial charge in [-0.15, -0.1) is 11.3 Å². The quantitative estimate of drug-likeness (QED) is 0.839. The van der Waals surface area contributed by atoms with Crippen molar-refractivity contribution in [3.63, 3.8) is 0 Å². The van der Waals surface area contributed by atoms with Gasteiger partial charge in [-0.05, 0) is 31.0 Å². The summed E-state index contributed by atoms with van der Waals surface area (Å²) in [4.78, 5) is 4.20. The molecule has 0 atom stereocenters. The number of nitrogens with one attached hydrogen (secondary N) is 1. The average molecular weight is 267 g/mol. The SMILES string of the molecule is Cc1ccccc1CCNCc1ncc(Cl)s1. The normalized spacial score (nSPS) is 10.7. The van der Waals surface area contributed by atoms with Gasteiger partial charge in [0.15, 0.2) is 0 Å². The van der Waals surface area contributed by atoms with Crippen LogP contribution in [0, 0.1) is 6.92 Å². The number of aromatic nitrogens is 1. The van der Waals surface area contributed by atoms with Gasteiger partial charge in [0.2, 0.25) is 0 Å². The van der Waals surface area contributed by atoms with Gasteiger partial charge in [0.1, 0.15) is 9.34 Å². The van der Waals surface area contributed by atoms with Crippen LogP contribution in [0.25, 0.3) is 0 Å². The van der Waals surface area contributed by atoms with E-state index in [4.69, 9.17) is 11.6 Å². The molecule has 2 rings (SSSR count). The summed E-state index contributed by atoms with van der Waals surface area (Å²) in [5.74, 6) is 0. The zero-order valence-electron chi connectivity index (χ0n) is 9.74. The molecule has 4 heteroatoms. The van der Waals surface area contributed by atoms with Crippen LogP contribution in [0.2, 0.25) is 4.34 Å². The van der Waals surface area contributed by atoms with Gasteiger partial charge >= 0.3 is 0 Å². The minimum Gasteiger partial charge on any atom is -0.310 e. The average Bonchev–Trinajstić information content (AvgIpc) is 2.73. The molecule has 17 heavy (non-hydrogen) atoms. The van der Waals surface area contributed by atoms with Crippen LogP contribution in [0.15, 0.2) is 30.5 Å². The van der Waals surface area contributed by atoms with Crippen molar-refractivity contribution >= 4 is 22.9 Å². The summed E-state index contributed by atoms with van der Waals surface area (Å²) in [7, 11) is 0. The van der Waals surface area contributed by atoms with Crippen LogP contribution >= 0.6 is 22.9 Å². The lowest BCUT2D eigenvalue weighted by Crippen LogP contribution is -2.16. The first-order valence-electron chi connectivity index (χ1n) is 5.61. The molecule has 0 fully saturated rings. The molecule has 0 spiro atoms. The van der Waals surface area contributed by atoms with Crippen molar-refractivity contribution in [2.75, 3.05) is 6.54 Å². The van der Waals surface area contributed by atoms with Crippen molar-refractivity contribution < 1.29 is 0 Å². The molecule has 1 N–H and O–H groups in total. The molecule has 0 aliphatic carbocycles. The fourth-order valence-electron chi connectivity index (χ4n) is 1.68. The molecule has 2 aromatic rings. The Morgan fingerprint density at radius 2 is 2.18 bits per heavy atom. The van der Waals surface area contributed by atoms with Crippen LogP contribution in [0.1, 0.15) is 16.1 Å². The monoisotopic (exact) mass is 266 g/mol. The standard InChI is InChI=1S/C13H15ClN2S/c1-10-4-2-3-5-11(10)6-7-15-9-13-16-8-12(14)17-13/h2-5,8,15H,6-7,9H2,1H3. The van der Waals surface area contributed by atoms with Crippen molar-refractivity contribution in [3.8, 4) is 0 Å². The van der Waals surface area contributed by atoms with E-state index in [2.05, 4.69) is 41.5 Å². The van der Waals surface area contributed by atoms with E-state index in [0.29, 0.717) is 0 Å². The maximum absolute atomic E-state index is 5.82. The molecule has 0 amide bonds. The van der Waals surface area contributed by atoms with Gasteiger partial charge < -0.3 is 5.32 Å². The molecule has 0 radical (unpaired) electrons. The van der Waals surface area contributed by atoms with Gasteiger partial charge in [-0.1, -0.05) is 35.9 Å². The molecular weight excluding hydrogens is 252 g/mol. The van der Waals surface area contributed by atoms with Crippen LogP contribution in [0.3, 0.4) is 0 Å². The largest absolute Gasteiger partial charge is 0.310 e. The number of aryl methyl sites for hydroxylation is 1. The molecule has 0 unspecified atom stereocenters. The lowest BCUT2D eigenvalue weighted by molar-refractivity contribution is 0.682. The van der Waals surface area contributed by atoms with Crippen LogP contribution in [0.4, 0.5) is 0 Å². The Balaban J connectivity index is 1.75. The predicted octanol–water partition coefficient (Wildman–Crippen LogP) is 3.44. The van der Waals surface area contributed by atoms with Crippen molar-refractivity contribution in [2.45, 2.75) is 19.9 Å². The molecule has 0 aliphatic heterocycles. The maximum atomic E-state index is 5.82. The predicted molar refractivity (Wildman–Crippen MR) is 73.7 cm³/mol. The van der Waals surface area contributed by atoms with Gasteiger partial charge in [-0.3, -0.25) is 0 Å². The summed E-state index contributed by atoms with van der Waals surface area (Å²) < 4.78 is 0.751. The summed E-state index contributed by atoms with van der Waals surface area (Å²) in [6, 6.07) is 8.49. The van der Waals surface area contributed by atoms with Crippen LogP contribution in [0.5, 0.6) is 0 Å². The topological polar surface area (TPSA) is 24.9 Å². The molecule has 0 saturated heterocycles. The summed E-state index contributed by atoms with van der Waals surface area (Å²) in [6.45, 7) is 3.90. The molecule has 2 nitrogen and oxygen atoms in total. The lowest BCUT2D eigenvalue weighted by Gasteiger charge is -2.05. The molecule has 1 heterocycles. The highest BCUT2D eigenvalue weighted by Crippen LogP contribution is 2.17. The molecule has 1 aromatic heterocycles. The Morgan fingerprint density at radius 1 is 1.35 bits per heavy atom. The van der Waals surface area contributed by atoms with E-state index in [1.165, 1.54) is 22.5 Å². The first kappa shape index (κ1) is 12.6. The Morgan fingerprint density at radius 3 is 2.88 bits per heavy atom. The Bertz CT molecular complexity index is 482. The maximum Gasteiger partial charge on any atom is 0.113 e. The first-order chi connectivity index (χ1) is 8.25. The van der Waals surface area contributed by atoms with Gasteiger partial charge in [0.25, 0.3) is 0 Å². The summed E-state index contributed by atoms with van der Waals surface area (Å²) in [6.07, 6.45) is 2.75. The third-order valence-electron chi connectivity index (χ3n) is 2.63. The van der Waals surface area contributed by atoms with E-state index in [0.717, 1.165) is 28.9 Å². The molecule has 0 saturated carbocycles. The van der Waals surface area contributed by atoms with Gasteiger partial charge in [-0.25, -0.2) is 4.98 Å². The Labute approximate surface area is 111 Å². The van der Waals surface area contributed by atoms with Crippen LogP contribution in [-0.2, 0) is 13.0 Å². The van der Waals surface area contributed by atoms with E-state index in [1.54, 1.807) is 6.20 Å². The second-order valence-corrected chi connectivity index (χ2v) is 5.66. The highest BCUT2D eigenvalue weighted by Gasteiger charge is 2.00. The van der Waals surface area contributed by atoms with Crippen molar-refractivity contribution in [1.82, 2.24) is 10.3 Å². The first-order valence-corrected chi connectivity index (χ1v) is 6.80. The summed E-state index contributed by atoms with van der Waals surface area (Å²) >= 11 is 7.35. The van der Waals surface area contributed by atoms with Crippen LogP contribution < -0.4 is 5.32 Å². The number of halogens is 1. The Hall–Kier alpha value is -0.900. The number of nitrogens with zero attached hydrogens (tertiary/aromatic N) is 1. The highest BCUT2D eigenvalue weighted by atomic mass is 35.5. The zero-order valence-corrected chi connectivity index (χ0v) is 11.3. The van der Waals surface area contributed by atoms with E-state index in [1.807, 2.05) is 0 Å². The van der Waals surface area contributed by atoms with Crippen molar-refractivity contribution in [3.05, 3.63) is 50.9 Å². The second-order valence-electron chi connectivity index (χ2n) is 3.91. The third-order valence-corrected chi connectivity index (χ3v) is 3.75. The smallest absolute Gasteiger partial charge is 0.113 e. The van der Waals surface area contributed by atoms with Gasteiger partial charge in [-0.2, -0.15) is 0 Å². The minimum absolute atomic E-state index is 0.751. The molecule has 0 aliphatic rings. The summed E-state index contributed by atoms with van der Waals surface area (Å²) in [5.41, 5.74) is 2.75. The second kappa shape index (κ2) is 6.15. The molecular formula is C13H15ClN2S. The molecule has 0 bridgehead atoms. The molecule has 90 valence electrons. The number of rotatable bonds is 5. The van der Waals surface area contributed by atoms with Crippen LogP contribution in [-0.4, -0.2) is 11.5 Å². The Kier molecular flexibility index (Phi) is 4.54. The highest BCUT2D eigenvalue weighted by molar-refractivity contribution is 7.15. The fourth-order valence-corrected chi connectivity index (χ4v) is 2.60. The van der Waals surface area contributed by atoms with Gasteiger partial charge in [0, 0.05) is 6.54 Å². The number of thiazole rings is 1. The van der Waals surface area contributed by atoms with Crippen molar-refractivity contribution in [2.24, 2.45) is 0 Å². The fraction of sp³-hybridized carbons (Fsp3) is 0.308. The lowest BCUT2D eigenvalue weighted by atomic mass is 10.1. The van der Waals surface area contributed by atoms with E-state index in [9.17, 15) is 0 Å². The molecule has 1 aromatic carbocycles. The third kappa shape index (κ3) is 3.80. The minimum atomic E-state index is 0.751. The zero-order chi connectivity index (χ0) is 12.1. The number of benzene rings is 1. The van der Waals surface area contributed by atoms with Crippen molar-refractivity contribution in [1.29, 1.82) is 0 Å². The summed E-state index contributed by atoms with van der Waals surface area (Å²) in [5, 5.41) is 4.42. The van der Waals surface area contributed by atoms with E-state index in [-0.39, 0.29) is 0 Å². The van der Waals surface area contributed by atoms with Gasteiger partial charge in [0.05, 0.1) is 6.20 Å². The van der Waals surface area contributed by atoms with E-state index >= 15 is 0 Å². The number of hydrogen-bond acceptors (Lipinski definition) is 3.